The summed E-state index contributed by atoms with van der Waals surface area (Å²) in [5.41, 5.74) is 6.34. The number of nitrogen functional groups attached to an aromatic ring is 1. The van der Waals surface area contributed by atoms with Gasteiger partial charge in [-0.25, -0.2) is 9.97 Å². The second-order valence-electron chi connectivity index (χ2n) is 4.39. The van der Waals surface area contributed by atoms with Gasteiger partial charge in [-0.05, 0) is 11.6 Å². The van der Waals surface area contributed by atoms with Crippen LogP contribution in [0.1, 0.15) is 6.23 Å². The number of ether oxygens (including phenoxy) is 1. The molecule has 9 nitrogen and oxygen atoms in total. The molecule has 2 aromatic heterocycles. The molecule has 2 heterocycles. The highest BCUT2D eigenvalue weighted by molar-refractivity contribution is 7.51. The lowest BCUT2D eigenvalue weighted by Gasteiger charge is -2.16. The van der Waals surface area contributed by atoms with Crippen molar-refractivity contribution in [2.45, 2.75) is 6.23 Å². The summed E-state index contributed by atoms with van der Waals surface area (Å²) >= 11 is 0. The fraction of sp³-hybridized carbons (Fsp3) is 0.273. The Labute approximate surface area is 119 Å². The first-order chi connectivity index (χ1) is 9.79. The van der Waals surface area contributed by atoms with E-state index in [0.29, 0.717) is 11.0 Å². The van der Waals surface area contributed by atoms with Crippen LogP contribution in [0.3, 0.4) is 0 Å². The summed E-state index contributed by atoms with van der Waals surface area (Å²) in [5.74, 6) is 0.286. The van der Waals surface area contributed by atoms with Gasteiger partial charge in [-0.15, -0.1) is 0 Å². The molecule has 5 N–H and O–H groups in total. The lowest BCUT2D eigenvalue weighted by Crippen LogP contribution is -2.14. The second kappa shape index (κ2) is 5.92. The van der Waals surface area contributed by atoms with Crippen LogP contribution in [-0.2, 0) is 9.30 Å². The summed E-state index contributed by atoms with van der Waals surface area (Å²) in [6.07, 6.45) is 0.941. The number of nitrogens with zero attached hydrogens (tertiary/aromatic N) is 3. The molecule has 114 valence electrons. The Morgan fingerprint density at radius 2 is 2.24 bits per heavy atom. The fourth-order valence-electron chi connectivity index (χ4n) is 1.75. The van der Waals surface area contributed by atoms with Crippen LogP contribution < -0.4 is 5.73 Å². The van der Waals surface area contributed by atoms with Gasteiger partial charge in [0.25, 0.3) is 0 Å². The molecule has 0 aliphatic carbocycles. The Balaban J connectivity index is 2.11. The smallest absolute Gasteiger partial charge is 0.350 e. The van der Waals surface area contributed by atoms with Gasteiger partial charge in [-0.1, -0.05) is 6.58 Å². The van der Waals surface area contributed by atoms with Gasteiger partial charge in [-0.3, -0.25) is 4.57 Å². The van der Waals surface area contributed by atoms with Crippen LogP contribution >= 0.6 is 7.60 Å². The number of hydrogen-bond donors (Lipinski definition) is 4. The maximum Gasteiger partial charge on any atom is 0.350 e. The average molecular weight is 314 g/mol. The number of aromatic nitrogens is 3. The Hall–Kier alpha value is -1.77. The first kappa shape index (κ1) is 15.6. The number of aliphatic hydroxyl groups excluding tert-OH is 1. The highest BCUT2D eigenvalue weighted by atomic mass is 31.2. The third-order valence-corrected chi connectivity index (χ3v) is 3.23. The molecular weight excluding hydrogens is 299 g/mol. The third kappa shape index (κ3) is 3.66. The molecule has 0 bridgehead atoms. The van der Waals surface area contributed by atoms with Gasteiger partial charge in [0.2, 0.25) is 0 Å². The highest BCUT2D eigenvalue weighted by Crippen LogP contribution is 2.34. The summed E-state index contributed by atoms with van der Waals surface area (Å²) in [4.78, 5) is 25.2. The second-order valence-corrected chi connectivity index (χ2v) is 5.98. The maximum atomic E-state index is 10.7. The summed E-state index contributed by atoms with van der Waals surface area (Å²) in [7, 11) is -4.25. The molecular formula is C11H15N4O5P. The molecule has 0 amide bonds. The molecule has 0 spiro atoms. The van der Waals surface area contributed by atoms with Crippen molar-refractivity contribution in [2.24, 2.45) is 0 Å². The third-order valence-electron chi connectivity index (χ3n) is 2.72. The Bertz CT molecular complexity index is 710. The van der Waals surface area contributed by atoms with E-state index in [4.69, 9.17) is 20.3 Å². The molecule has 0 saturated heterocycles. The Morgan fingerprint density at radius 1 is 1.52 bits per heavy atom. The van der Waals surface area contributed by atoms with Crippen LogP contribution in [0.15, 0.2) is 30.7 Å². The lowest BCUT2D eigenvalue weighted by molar-refractivity contribution is 0.108. The van der Waals surface area contributed by atoms with Crippen molar-refractivity contribution in [3.05, 3.63) is 30.7 Å². The van der Waals surface area contributed by atoms with Gasteiger partial charge in [0, 0.05) is 6.20 Å². The number of fused-ring (bicyclic) bond motifs is 1. The fourth-order valence-corrected chi connectivity index (χ4v) is 2.08. The van der Waals surface area contributed by atoms with Crippen molar-refractivity contribution in [3.63, 3.8) is 0 Å². The van der Waals surface area contributed by atoms with E-state index in [1.165, 1.54) is 10.9 Å². The van der Waals surface area contributed by atoms with Crippen molar-refractivity contribution in [3.8, 4) is 0 Å². The first-order valence-electron chi connectivity index (χ1n) is 5.84. The zero-order valence-electron chi connectivity index (χ0n) is 11.0. The van der Waals surface area contributed by atoms with Crippen molar-refractivity contribution < 1.29 is 24.2 Å². The molecule has 21 heavy (non-hydrogen) atoms. The molecule has 1 unspecified atom stereocenters. The van der Waals surface area contributed by atoms with E-state index in [2.05, 4.69) is 16.5 Å². The van der Waals surface area contributed by atoms with E-state index >= 15 is 0 Å². The standard InChI is InChI=1S/C11H15N4O5P/c1-7(4-20-6-21(17,18)19)11(16)15-3-2-8-9(12)13-5-14-10(8)15/h2-3,5,11,16H,1,4,6H2,(H2,12,13,14)(H2,17,18,19). The predicted octanol–water partition coefficient (Wildman–Crippen LogP) is 0.212. The molecule has 0 saturated carbocycles. The molecule has 0 fully saturated rings. The summed E-state index contributed by atoms with van der Waals surface area (Å²) < 4.78 is 16.9. The first-order valence-corrected chi connectivity index (χ1v) is 7.64. The topological polar surface area (TPSA) is 144 Å². The minimum Gasteiger partial charge on any atom is -0.383 e. The average Bonchev–Trinajstić information content (AvgIpc) is 2.81. The van der Waals surface area contributed by atoms with E-state index in [-0.39, 0.29) is 18.0 Å². The number of hydrogen-bond acceptors (Lipinski definition) is 6. The monoisotopic (exact) mass is 314 g/mol. The van der Waals surface area contributed by atoms with Gasteiger partial charge >= 0.3 is 7.60 Å². The minimum absolute atomic E-state index is 0.202. The normalized spacial score (nSPS) is 13.5. The van der Waals surface area contributed by atoms with Gasteiger partial charge < -0.3 is 29.9 Å². The summed E-state index contributed by atoms with van der Waals surface area (Å²) in [6, 6.07) is 1.65. The van der Waals surface area contributed by atoms with E-state index in [1.807, 2.05) is 0 Å². The Kier molecular flexibility index (Phi) is 4.40. The molecule has 2 rings (SSSR count). The van der Waals surface area contributed by atoms with Crippen LogP contribution in [-0.4, -0.2) is 42.4 Å². The van der Waals surface area contributed by atoms with Gasteiger partial charge in [-0.2, -0.15) is 0 Å². The number of anilines is 1. The zero-order chi connectivity index (χ0) is 15.6. The molecule has 2 aromatic rings. The number of aliphatic hydroxyl groups is 1. The van der Waals surface area contributed by atoms with E-state index in [9.17, 15) is 9.67 Å². The number of rotatable bonds is 6. The van der Waals surface area contributed by atoms with Crippen LogP contribution in [0.5, 0.6) is 0 Å². The van der Waals surface area contributed by atoms with Crippen LogP contribution in [0.25, 0.3) is 11.0 Å². The summed E-state index contributed by atoms with van der Waals surface area (Å²) in [6.45, 7) is 3.43. The van der Waals surface area contributed by atoms with E-state index in [1.54, 1.807) is 12.3 Å². The molecule has 0 aliphatic heterocycles. The zero-order valence-corrected chi connectivity index (χ0v) is 11.8. The van der Waals surface area contributed by atoms with E-state index < -0.39 is 20.2 Å². The van der Waals surface area contributed by atoms with Crippen molar-refractivity contribution in [2.75, 3.05) is 18.7 Å². The Morgan fingerprint density at radius 3 is 2.90 bits per heavy atom. The summed E-state index contributed by atoms with van der Waals surface area (Å²) in [5, 5.41) is 10.8. The van der Waals surface area contributed by atoms with Gasteiger partial charge in [0.05, 0.1) is 12.0 Å². The molecule has 0 aliphatic rings. The van der Waals surface area contributed by atoms with Gasteiger partial charge in [0.15, 0.2) is 6.23 Å². The number of nitrogens with two attached hydrogens (primary N) is 1. The molecule has 0 aromatic carbocycles. The SMILES string of the molecule is C=C(COCP(=O)(O)O)C(O)n1ccc2c(N)ncnc21. The van der Waals surface area contributed by atoms with Crippen LogP contribution in [0, 0.1) is 0 Å². The van der Waals surface area contributed by atoms with Crippen LogP contribution in [0.4, 0.5) is 5.82 Å². The van der Waals surface area contributed by atoms with Crippen molar-refractivity contribution in [1.29, 1.82) is 0 Å². The van der Waals surface area contributed by atoms with Crippen molar-refractivity contribution in [1.82, 2.24) is 14.5 Å². The largest absolute Gasteiger partial charge is 0.383 e. The minimum atomic E-state index is -4.25. The predicted molar refractivity (Wildman–Crippen MR) is 75.2 cm³/mol. The molecule has 10 heteroatoms. The van der Waals surface area contributed by atoms with Crippen molar-refractivity contribution >= 4 is 24.4 Å². The quantitative estimate of drug-likeness (QED) is 0.437. The van der Waals surface area contributed by atoms with Gasteiger partial charge in [0.1, 0.15) is 24.1 Å². The highest BCUT2D eigenvalue weighted by Gasteiger charge is 2.18. The molecule has 0 radical (unpaired) electrons. The van der Waals surface area contributed by atoms with Crippen LogP contribution in [0.2, 0.25) is 0 Å². The van der Waals surface area contributed by atoms with E-state index in [0.717, 1.165) is 0 Å². The molecule has 1 atom stereocenters. The lowest BCUT2D eigenvalue weighted by atomic mass is 10.3. The maximum absolute atomic E-state index is 10.7.